The Hall–Kier alpha value is -3.81. The highest BCUT2D eigenvalue weighted by atomic mass is 16.5. The molecule has 29 heavy (non-hydrogen) atoms. The second kappa shape index (κ2) is 7.31. The molecule has 8 nitrogen and oxygen atoms in total. The molecular weight excluding hydrogens is 374 g/mol. The highest BCUT2D eigenvalue weighted by Gasteiger charge is 2.20. The van der Waals surface area contributed by atoms with Gasteiger partial charge in [-0.1, -0.05) is 17.3 Å². The van der Waals surface area contributed by atoms with Gasteiger partial charge in [-0.2, -0.15) is 4.98 Å². The Bertz CT molecular complexity index is 1230. The van der Waals surface area contributed by atoms with Gasteiger partial charge >= 0.3 is 0 Å². The fourth-order valence-corrected chi connectivity index (χ4v) is 3.25. The molecule has 0 unspecified atom stereocenters. The van der Waals surface area contributed by atoms with E-state index in [-0.39, 0.29) is 11.3 Å². The van der Waals surface area contributed by atoms with E-state index in [2.05, 4.69) is 10.1 Å². The van der Waals surface area contributed by atoms with Gasteiger partial charge in [-0.15, -0.1) is 0 Å². The molecule has 148 valence electrons. The van der Waals surface area contributed by atoms with E-state index in [1.54, 1.807) is 24.4 Å². The van der Waals surface area contributed by atoms with E-state index in [1.165, 1.54) is 21.3 Å². The maximum Gasteiger partial charge on any atom is 0.263 e. The Kier molecular flexibility index (Phi) is 4.67. The summed E-state index contributed by atoms with van der Waals surface area (Å²) in [6.07, 6.45) is 1.69. The van der Waals surface area contributed by atoms with Crippen molar-refractivity contribution in [3.05, 3.63) is 52.8 Å². The third-order valence-corrected chi connectivity index (χ3v) is 4.68. The van der Waals surface area contributed by atoms with E-state index >= 15 is 0 Å². The van der Waals surface area contributed by atoms with Crippen molar-refractivity contribution < 1.29 is 18.7 Å². The van der Waals surface area contributed by atoms with Crippen molar-refractivity contribution in [1.82, 2.24) is 14.7 Å². The first-order chi connectivity index (χ1) is 14.1. The molecule has 4 aromatic rings. The van der Waals surface area contributed by atoms with E-state index in [0.29, 0.717) is 39.6 Å². The van der Waals surface area contributed by atoms with Crippen LogP contribution in [0, 0.1) is 0 Å². The first-order valence-corrected chi connectivity index (χ1v) is 8.80. The third-order valence-electron chi connectivity index (χ3n) is 4.68. The van der Waals surface area contributed by atoms with E-state index in [0.717, 1.165) is 5.52 Å². The fourth-order valence-electron chi connectivity index (χ4n) is 3.25. The second-order valence-electron chi connectivity index (χ2n) is 6.34. The number of pyridine rings is 1. The number of nitrogens with zero attached hydrogens (tertiary/aromatic N) is 3. The zero-order valence-electron chi connectivity index (χ0n) is 16.4. The SMILES string of the molecule is COc1cc(-c2noc(-c3cn(C)c4ccccc4c3=O)n2)cc(OC)c1OC. The van der Waals surface area contributed by atoms with Crippen LogP contribution in [0.15, 0.2) is 51.9 Å². The molecule has 0 N–H and O–H groups in total. The number of benzene rings is 2. The largest absolute Gasteiger partial charge is 0.493 e. The molecule has 0 radical (unpaired) electrons. The van der Waals surface area contributed by atoms with Crippen LogP contribution in [0.4, 0.5) is 0 Å². The standard InChI is InChI=1S/C21H19N3O5/c1-24-11-14(18(25)13-7-5-6-8-15(13)24)21-22-20(23-29-21)12-9-16(26-2)19(28-4)17(10-12)27-3/h5-11H,1-4H3. The summed E-state index contributed by atoms with van der Waals surface area (Å²) in [5.74, 6) is 1.84. The van der Waals surface area contributed by atoms with Crippen LogP contribution < -0.4 is 19.6 Å². The molecule has 0 aliphatic carbocycles. The lowest BCUT2D eigenvalue weighted by Gasteiger charge is -2.12. The number of methoxy groups -OCH3 is 3. The van der Waals surface area contributed by atoms with Crippen molar-refractivity contribution in [3.8, 4) is 40.1 Å². The van der Waals surface area contributed by atoms with Gasteiger partial charge < -0.3 is 23.3 Å². The zero-order valence-corrected chi connectivity index (χ0v) is 16.4. The minimum atomic E-state index is -0.168. The lowest BCUT2D eigenvalue weighted by molar-refractivity contribution is 0.324. The minimum Gasteiger partial charge on any atom is -0.493 e. The molecule has 0 aliphatic heterocycles. The molecule has 0 amide bonds. The summed E-state index contributed by atoms with van der Waals surface area (Å²) in [4.78, 5) is 17.3. The van der Waals surface area contributed by atoms with Crippen LogP contribution in [0.1, 0.15) is 0 Å². The first kappa shape index (κ1) is 18.5. The number of fused-ring (bicyclic) bond motifs is 1. The van der Waals surface area contributed by atoms with E-state index < -0.39 is 0 Å². The number of rotatable bonds is 5. The Morgan fingerprint density at radius 2 is 1.69 bits per heavy atom. The molecule has 8 heteroatoms. The minimum absolute atomic E-state index is 0.139. The maximum atomic E-state index is 12.9. The van der Waals surface area contributed by atoms with Gasteiger partial charge in [0.1, 0.15) is 5.56 Å². The summed E-state index contributed by atoms with van der Waals surface area (Å²) in [7, 11) is 6.45. The monoisotopic (exact) mass is 393 g/mol. The third kappa shape index (κ3) is 3.08. The number of aromatic nitrogens is 3. The molecular formula is C21H19N3O5. The molecule has 4 rings (SSSR count). The van der Waals surface area contributed by atoms with Crippen molar-refractivity contribution >= 4 is 10.9 Å². The predicted molar refractivity (Wildman–Crippen MR) is 108 cm³/mol. The molecule has 2 aromatic carbocycles. The molecule has 2 heterocycles. The van der Waals surface area contributed by atoms with Crippen LogP contribution in [0.2, 0.25) is 0 Å². The molecule has 0 atom stereocenters. The van der Waals surface area contributed by atoms with Gasteiger partial charge in [-0.25, -0.2) is 0 Å². The quantitative estimate of drug-likeness (QED) is 0.514. The average molecular weight is 393 g/mol. The maximum absolute atomic E-state index is 12.9. The lowest BCUT2D eigenvalue weighted by atomic mass is 10.1. The normalized spacial score (nSPS) is 10.9. The predicted octanol–water partition coefficient (Wildman–Crippen LogP) is 3.28. The smallest absolute Gasteiger partial charge is 0.263 e. The molecule has 0 aliphatic rings. The fraction of sp³-hybridized carbons (Fsp3) is 0.190. The summed E-state index contributed by atoms with van der Waals surface area (Å²) in [6, 6.07) is 10.8. The number of ether oxygens (including phenoxy) is 3. The van der Waals surface area contributed by atoms with Crippen molar-refractivity contribution in [2.75, 3.05) is 21.3 Å². The zero-order chi connectivity index (χ0) is 20.5. The average Bonchev–Trinajstić information content (AvgIpc) is 3.25. The number of hydrogen-bond donors (Lipinski definition) is 0. The number of para-hydroxylation sites is 1. The number of hydrogen-bond acceptors (Lipinski definition) is 7. The van der Waals surface area contributed by atoms with Crippen LogP contribution in [0.3, 0.4) is 0 Å². The lowest BCUT2D eigenvalue weighted by Crippen LogP contribution is -2.10. The van der Waals surface area contributed by atoms with Gasteiger partial charge in [0.15, 0.2) is 11.5 Å². The molecule has 0 bridgehead atoms. The molecule has 0 spiro atoms. The summed E-state index contributed by atoms with van der Waals surface area (Å²) < 4.78 is 23.3. The van der Waals surface area contributed by atoms with Crippen LogP contribution in [0.25, 0.3) is 33.7 Å². The van der Waals surface area contributed by atoms with Crippen LogP contribution in [0.5, 0.6) is 17.2 Å². The van der Waals surface area contributed by atoms with E-state index in [9.17, 15) is 4.79 Å². The van der Waals surface area contributed by atoms with Crippen molar-refractivity contribution in [3.63, 3.8) is 0 Å². The number of aryl methyl sites for hydroxylation is 1. The molecule has 0 saturated carbocycles. The van der Waals surface area contributed by atoms with Gasteiger partial charge in [0.2, 0.25) is 17.0 Å². The van der Waals surface area contributed by atoms with Crippen molar-refractivity contribution in [1.29, 1.82) is 0 Å². The Balaban J connectivity index is 1.84. The van der Waals surface area contributed by atoms with E-state index in [4.69, 9.17) is 18.7 Å². The first-order valence-electron chi connectivity index (χ1n) is 8.80. The molecule has 0 saturated heterocycles. The van der Waals surface area contributed by atoms with E-state index in [1.807, 2.05) is 29.8 Å². The van der Waals surface area contributed by atoms with Gasteiger partial charge in [0.05, 0.1) is 26.8 Å². The highest BCUT2D eigenvalue weighted by molar-refractivity contribution is 5.82. The van der Waals surface area contributed by atoms with Gasteiger partial charge in [0.25, 0.3) is 5.89 Å². The van der Waals surface area contributed by atoms with Crippen LogP contribution in [-0.4, -0.2) is 36.0 Å². The Morgan fingerprint density at radius 1 is 1.00 bits per heavy atom. The second-order valence-corrected chi connectivity index (χ2v) is 6.34. The molecule has 2 aromatic heterocycles. The summed E-state index contributed by atoms with van der Waals surface area (Å²) >= 11 is 0. The van der Waals surface area contributed by atoms with Crippen molar-refractivity contribution in [2.45, 2.75) is 0 Å². The van der Waals surface area contributed by atoms with Crippen molar-refractivity contribution in [2.24, 2.45) is 7.05 Å². The van der Waals surface area contributed by atoms with Gasteiger partial charge in [-0.05, 0) is 24.3 Å². The van der Waals surface area contributed by atoms with Crippen LogP contribution in [-0.2, 0) is 7.05 Å². The van der Waals surface area contributed by atoms with Gasteiger partial charge in [0, 0.05) is 24.2 Å². The summed E-state index contributed by atoms with van der Waals surface area (Å²) in [6.45, 7) is 0. The Morgan fingerprint density at radius 3 is 2.34 bits per heavy atom. The van der Waals surface area contributed by atoms with Crippen LogP contribution >= 0.6 is 0 Å². The van der Waals surface area contributed by atoms with Gasteiger partial charge in [-0.3, -0.25) is 4.79 Å². The topological polar surface area (TPSA) is 88.6 Å². The molecule has 0 fully saturated rings. The summed E-state index contributed by atoms with van der Waals surface area (Å²) in [5.41, 5.74) is 1.59. The highest BCUT2D eigenvalue weighted by Crippen LogP contribution is 2.40. The summed E-state index contributed by atoms with van der Waals surface area (Å²) in [5, 5.41) is 4.62. The Labute approximate surface area is 166 Å².